The van der Waals surface area contributed by atoms with Crippen molar-refractivity contribution in [1.29, 1.82) is 0 Å². The lowest BCUT2D eigenvalue weighted by molar-refractivity contribution is -0.0349. The van der Waals surface area contributed by atoms with Gasteiger partial charge in [0.25, 0.3) is 5.91 Å². The van der Waals surface area contributed by atoms with E-state index in [1.54, 1.807) is 11.3 Å². The third-order valence-corrected chi connectivity index (χ3v) is 6.32. The van der Waals surface area contributed by atoms with Crippen molar-refractivity contribution in [3.05, 3.63) is 21.9 Å². The van der Waals surface area contributed by atoms with Gasteiger partial charge in [-0.05, 0) is 62.2 Å². The van der Waals surface area contributed by atoms with Crippen LogP contribution in [0.25, 0.3) is 0 Å². The summed E-state index contributed by atoms with van der Waals surface area (Å²) in [6.45, 7) is 6.80. The molecule has 0 unspecified atom stereocenters. The Bertz CT molecular complexity index is 517. The molecule has 1 N–H and O–H groups in total. The van der Waals surface area contributed by atoms with Crippen molar-refractivity contribution in [3.8, 4) is 0 Å². The number of nitrogens with one attached hydrogen (secondary N) is 1. The normalized spacial score (nSPS) is 22.0. The van der Waals surface area contributed by atoms with Gasteiger partial charge in [0.15, 0.2) is 0 Å². The Hall–Kier alpha value is -0.910. The Morgan fingerprint density at radius 3 is 2.74 bits per heavy atom. The fourth-order valence-corrected chi connectivity index (χ4v) is 4.77. The number of carbonyl (C=O) groups is 1. The van der Waals surface area contributed by atoms with Crippen molar-refractivity contribution in [1.82, 2.24) is 10.2 Å². The van der Waals surface area contributed by atoms with Crippen LogP contribution in [0.15, 0.2) is 11.4 Å². The summed E-state index contributed by atoms with van der Waals surface area (Å²) < 4.78 is 5.59. The maximum Gasteiger partial charge on any atom is 0.261 e. The fourth-order valence-electron chi connectivity index (χ4n) is 3.86. The number of carbonyl (C=O) groups excluding carboxylic acids is 1. The van der Waals surface area contributed by atoms with E-state index in [0.717, 1.165) is 62.6 Å². The van der Waals surface area contributed by atoms with Crippen molar-refractivity contribution in [2.45, 2.75) is 51.0 Å². The molecule has 2 fully saturated rings. The first kappa shape index (κ1) is 16.9. The maximum atomic E-state index is 12.6. The average molecular weight is 337 g/mol. The Morgan fingerprint density at radius 1 is 1.30 bits per heavy atom. The number of thiophene rings is 1. The second-order valence-corrected chi connectivity index (χ2v) is 7.61. The average Bonchev–Trinajstić information content (AvgIpc) is 3.10. The van der Waals surface area contributed by atoms with Crippen LogP contribution < -0.4 is 5.32 Å². The third kappa shape index (κ3) is 3.78. The molecule has 5 heteroatoms. The van der Waals surface area contributed by atoms with E-state index in [-0.39, 0.29) is 11.4 Å². The Labute approximate surface area is 143 Å². The summed E-state index contributed by atoms with van der Waals surface area (Å²) in [5, 5.41) is 5.26. The first-order chi connectivity index (χ1) is 11.2. The Morgan fingerprint density at radius 2 is 2.04 bits per heavy atom. The Kier molecular flexibility index (Phi) is 5.72. The summed E-state index contributed by atoms with van der Waals surface area (Å²) in [5.41, 5.74) is 1.25. The number of rotatable bonds is 5. The van der Waals surface area contributed by atoms with Gasteiger partial charge < -0.3 is 10.1 Å². The first-order valence-corrected chi connectivity index (χ1v) is 9.80. The Balaban J connectivity index is 1.67. The van der Waals surface area contributed by atoms with E-state index in [2.05, 4.69) is 23.2 Å². The SMILES string of the molecule is CCc1ccsc1C(=O)NCC1(N2CCCCC2)CCOCC1. The zero-order valence-electron chi connectivity index (χ0n) is 14.1. The van der Waals surface area contributed by atoms with Crippen molar-refractivity contribution in [2.75, 3.05) is 32.8 Å². The van der Waals surface area contributed by atoms with Crippen LogP contribution in [0.4, 0.5) is 0 Å². The van der Waals surface area contributed by atoms with Gasteiger partial charge in [0.05, 0.1) is 4.88 Å². The predicted octanol–water partition coefficient (Wildman–Crippen LogP) is 3.08. The highest BCUT2D eigenvalue weighted by molar-refractivity contribution is 7.12. The molecule has 3 rings (SSSR count). The number of piperidine rings is 1. The lowest BCUT2D eigenvalue weighted by atomic mass is 9.86. The summed E-state index contributed by atoms with van der Waals surface area (Å²) in [7, 11) is 0. The molecule has 0 bridgehead atoms. The van der Waals surface area contributed by atoms with Crippen molar-refractivity contribution in [3.63, 3.8) is 0 Å². The topological polar surface area (TPSA) is 41.6 Å². The quantitative estimate of drug-likeness (QED) is 0.898. The number of ether oxygens (including phenoxy) is 1. The standard InChI is InChI=1S/C18H28N2O2S/c1-2-15-6-13-23-16(15)17(21)19-14-18(7-11-22-12-8-18)20-9-4-3-5-10-20/h6,13H,2-5,7-12,14H2,1H3,(H,19,21). The van der Waals surface area contributed by atoms with Crippen molar-refractivity contribution in [2.24, 2.45) is 0 Å². The van der Waals surface area contributed by atoms with Gasteiger partial charge in [-0.25, -0.2) is 0 Å². The van der Waals surface area contributed by atoms with E-state index in [0.29, 0.717) is 0 Å². The molecule has 4 nitrogen and oxygen atoms in total. The number of aryl methyl sites for hydroxylation is 1. The number of hydrogen-bond acceptors (Lipinski definition) is 4. The van der Waals surface area contributed by atoms with Crippen molar-refractivity contribution >= 4 is 17.2 Å². The monoisotopic (exact) mass is 336 g/mol. The molecular formula is C18H28N2O2S. The zero-order chi connectivity index (χ0) is 16.1. The molecule has 2 aliphatic rings. The summed E-state index contributed by atoms with van der Waals surface area (Å²) in [6.07, 6.45) is 6.86. The van der Waals surface area contributed by atoms with Gasteiger partial charge in [-0.1, -0.05) is 13.3 Å². The molecule has 1 aromatic rings. The number of nitrogens with zero attached hydrogens (tertiary/aromatic N) is 1. The molecule has 128 valence electrons. The summed E-state index contributed by atoms with van der Waals surface area (Å²) in [6, 6.07) is 2.06. The first-order valence-electron chi connectivity index (χ1n) is 8.92. The van der Waals surface area contributed by atoms with E-state index in [1.165, 1.54) is 19.3 Å². The minimum atomic E-state index is 0.0952. The van der Waals surface area contributed by atoms with E-state index in [4.69, 9.17) is 4.74 Å². The van der Waals surface area contributed by atoms with Crippen LogP contribution in [0, 0.1) is 0 Å². The van der Waals surface area contributed by atoms with Gasteiger partial charge in [0, 0.05) is 25.3 Å². The molecule has 2 aliphatic heterocycles. The predicted molar refractivity (Wildman–Crippen MR) is 94.2 cm³/mol. The molecule has 1 aromatic heterocycles. The molecule has 0 aromatic carbocycles. The van der Waals surface area contributed by atoms with E-state index in [9.17, 15) is 4.79 Å². The van der Waals surface area contributed by atoms with E-state index < -0.39 is 0 Å². The second-order valence-electron chi connectivity index (χ2n) is 6.70. The summed E-state index contributed by atoms with van der Waals surface area (Å²) >= 11 is 1.55. The molecule has 0 atom stereocenters. The highest BCUT2D eigenvalue weighted by Gasteiger charge is 2.39. The molecule has 3 heterocycles. The van der Waals surface area contributed by atoms with Gasteiger partial charge in [-0.2, -0.15) is 0 Å². The van der Waals surface area contributed by atoms with Crippen LogP contribution >= 0.6 is 11.3 Å². The number of hydrogen-bond donors (Lipinski definition) is 1. The highest BCUT2D eigenvalue weighted by Crippen LogP contribution is 2.30. The van der Waals surface area contributed by atoms with Crippen LogP contribution in [0.5, 0.6) is 0 Å². The fraction of sp³-hybridized carbons (Fsp3) is 0.722. The highest BCUT2D eigenvalue weighted by atomic mass is 32.1. The van der Waals surface area contributed by atoms with Gasteiger partial charge >= 0.3 is 0 Å². The van der Waals surface area contributed by atoms with Crippen LogP contribution in [0.2, 0.25) is 0 Å². The van der Waals surface area contributed by atoms with Crippen LogP contribution in [-0.2, 0) is 11.2 Å². The molecule has 1 amide bonds. The minimum Gasteiger partial charge on any atom is -0.381 e. The molecule has 0 spiro atoms. The van der Waals surface area contributed by atoms with Crippen molar-refractivity contribution < 1.29 is 9.53 Å². The largest absolute Gasteiger partial charge is 0.381 e. The zero-order valence-corrected chi connectivity index (χ0v) is 14.9. The van der Waals surface area contributed by atoms with Gasteiger partial charge in [0.2, 0.25) is 0 Å². The van der Waals surface area contributed by atoms with Gasteiger partial charge in [0.1, 0.15) is 0 Å². The molecule has 0 radical (unpaired) electrons. The maximum absolute atomic E-state index is 12.6. The third-order valence-electron chi connectivity index (χ3n) is 5.36. The molecule has 2 saturated heterocycles. The minimum absolute atomic E-state index is 0.0952. The van der Waals surface area contributed by atoms with Crippen LogP contribution in [0.3, 0.4) is 0 Å². The second kappa shape index (κ2) is 7.77. The molecule has 0 saturated carbocycles. The summed E-state index contributed by atoms with van der Waals surface area (Å²) in [5.74, 6) is 0.0970. The molecular weight excluding hydrogens is 308 g/mol. The summed E-state index contributed by atoms with van der Waals surface area (Å²) in [4.78, 5) is 16.1. The number of likely N-dealkylation sites (tertiary alicyclic amines) is 1. The van der Waals surface area contributed by atoms with Gasteiger partial charge in [-0.15, -0.1) is 11.3 Å². The van der Waals surface area contributed by atoms with E-state index >= 15 is 0 Å². The molecule has 23 heavy (non-hydrogen) atoms. The van der Waals surface area contributed by atoms with E-state index in [1.807, 2.05) is 5.38 Å². The van der Waals surface area contributed by atoms with Crippen LogP contribution in [-0.4, -0.2) is 49.2 Å². The number of amides is 1. The van der Waals surface area contributed by atoms with Gasteiger partial charge in [-0.3, -0.25) is 9.69 Å². The lowest BCUT2D eigenvalue weighted by Gasteiger charge is -2.48. The smallest absolute Gasteiger partial charge is 0.261 e. The lowest BCUT2D eigenvalue weighted by Crippen LogP contribution is -2.59. The van der Waals surface area contributed by atoms with Crippen LogP contribution in [0.1, 0.15) is 54.3 Å². The molecule has 0 aliphatic carbocycles.